The van der Waals surface area contributed by atoms with E-state index >= 15 is 0 Å². The third kappa shape index (κ3) is 4.63. The third-order valence-corrected chi connectivity index (χ3v) is 3.64. The van der Waals surface area contributed by atoms with Gasteiger partial charge in [-0.3, -0.25) is 4.79 Å². The van der Waals surface area contributed by atoms with E-state index in [2.05, 4.69) is 12.2 Å². The van der Waals surface area contributed by atoms with E-state index in [-0.39, 0.29) is 17.1 Å². The summed E-state index contributed by atoms with van der Waals surface area (Å²) in [5, 5.41) is 2.71. The van der Waals surface area contributed by atoms with Crippen LogP contribution in [-0.4, -0.2) is 12.5 Å². The van der Waals surface area contributed by atoms with E-state index in [1.807, 2.05) is 0 Å². The zero-order valence-corrected chi connectivity index (χ0v) is 13.5. The van der Waals surface area contributed by atoms with Gasteiger partial charge in [0.25, 0.3) is 5.91 Å². The number of carbonyl (C=O) groups is 1. The molecular weight excluding hydrogens is 319 g/mol. The van der Waals surface area contributed by atoms with Crippen LogP contribution >= 0.6 is 0 Å². The lowest BCUT2D eigenvalue weighted by molar-refractivity contribution is -0.137. The standard InChI is InChI=1S/C18H20F3NO2/c1-2-3-4-7-12-22-17(23)16-11-10-15(24-16)13-8-5-6-9-14(13)18(19,20)21/h5-6,8-11H,2-4,7,12H2,1H3,(H,22,23). The Bertz CT molecular complexity index is 677. The lowest BCUT2D eigenvalue weighted by Crippen LogP contribution is -2.23. The van der Waals surface area contributed by atoms with E-state index in [4.69, 9.17) is 4.42 Å². The molecule has 6 heteroatoms. The second-order valence-electron chi connectivity index (χ2n) is 5.52. The molecule has 1 amide bonds. The number of hydrogen-bond donors (Lipinski definition) is 1. The second kappa shape index (κ2) is 8.04. The number of halogens is 3. The minimum Gasteiger partial charge on any atom is -0.451 e. The molecule has 1 heterocycles. The van der Waals surface area contributed by atoms with E-state index in [1.165, 1.54) is 30.3 Å². The average molecular weight is 339 g/mol. The van der Waals surface area contributed by atoms with Crippen LogP contribution in [0.3, 0.4) is 0 Å². The minimum absolute atomic E-state index is 0.0115. The highest BCUT2D eigenvalue weighted by molar-refractivity contribution is 5.92. The molecule has 1 aromatic heterocycles. The van der Waals surface area contributed by atoms with Gasteiger partial charge < -0.3 is 9.73 Å². The highest BCUT2D eigenvalue weighted by Crippen LogP contribution is 2.37. The number of furan rings is 1. The molecule has 0 spiro atoms. The Hall–Kier alpha value is -2.24. The predicted molar refractivity (Wildman–Crippen MR) is 85.6 cm³/mol. The molecule has 0 atom stereocenters. The molecule has 0 unspecified atom stereocenters. The van der Waals surface area contributed by atoms with Crippen molar-refractivity contribution in [1.82, 2.24) is 5.32 Å². The fraction of sp³-hybridized carbons (Fsp3) is 0.389. The summed E-state index contributed by atoms with van der Waals surface area (Å²) in [6.07, 6.45) is -0.378. The van der Waals surface area contributed by atoms with Crippen LogP contribution in [0, 0.1) is 0 Å². The number of carbonyl (C=O) groups excluding carboxylic acids is 1. The minimum atomic E-state index is -4.48. The van der Waals surface area contributed by atoms with Gasteiger partial charge in [0, 0.05) is 12.1 Å². The first kappa shape index (κ1) is 18.1. The smallest absolute Gasteiger partial charge is 0.417 e. The maximum Gasteiger partial charge on any atom is 0.417 e. The molecule has 0 radical (unpaired) electrons. The topological polar surface area (TPSA) is 42.2 Å². The molecule has 24 heavy (non-hydrogen) atoms. The second-order valence-corrected chi connectivity index (χ2v) is 5.52. The Morgan fingerprint density at radius 2 is 1.83 bits per heavy atom. The molecule has 0 saturated carbocycles. The van der Waals surface area contributed by atoms with Crippen LogP contribution in [0.2, 0.25) is 0 Å². The van der Waals surface area contributed by atoms with Crippen LogP contribution in [0.15, 0.2) is 40.8 Å². The maximum atomic E-state index is 13.0. The van der Waals surface area contributed by atoms with Crippen molar-refractivity contribution in [3.63, 3.8) is 0 Å². The van der Waals surface area contributed by atoms with Crippen molar-refractivity contribution >= 4 is 5.91 Å². The van der Waals surface area contributed by atoms with Crippen LogP contribution in [0.4, 0.5) is 13.2 Å². The van der Waals surface area contributed by atoms with Gasteiger partial charge in [0.05, 0.1) is 5.56 Å². The molecule has 0 bridgehead atoms. The molecule has 130 valence electrons. The fourth-order valence-corrected chi connectivity index (χ4v) is 2.39. The van der Waals surface area contributed by atoms with Crippen molar-refractivity contribution < 1.29 is 22.4 Å². The van der Waals surface area contributed by atoms with Crippen molar-refractivity contribution in [1.29, 1.82) is 0 Å². The predicted octanol–water partition coefficient (Wildman–Crippen LogP) is 5.28. The number of rotatable bonds is 7. The number of nitrogens with one attached hydrogen (secondary N) is 1. The van der Waals surface area contributed by atoms with E-state index in [0.717, 1.165) is 31.7 Å². The quantitative estimate of drug-likeness (QED) is 0.698. The summed E-state index contributed by atoms with van der Waals surface area (Å²) < 4.78 is 44.5. The molecule has 0 aliphatic carbocycles. The molecule has 1 N–H and O–H groups in total. The number of alkyl halides is 3. The van der Waals surface area contributed by atoms with Crippen LogP contribution in [-0.2, 0) is 6.18 Å². The summed E-state index contributed by atoms with van der Waals surface area (Å²) in [5.41, 5.74) is -0.863. The summed E-state index contributed by atoms with van der Waals surface area (Å²) in [6, 6.07) is 7.92. The number of amides is 1. The summed E-state index contributed by atoms with van der Waals surface area (Å²) >= 11 is 0. The average Bonchev–Trinajstić information content (AvgIpc) is 3.03. The number of unbranched alkanes of at least 4 members (excludes halogenated alkanes) is 3. The van der Waals surface area contributed by atoms with Gasteiger partial charge in [0.1, 0.15) is 5.76 Å². The Labute approximate surface area is 138 Å². The number of hydrogen-bond acceptors (Lipinski definition) is 2. The summed E-state index contributed by atoms with van der Waals surface area (Å²) in [5.74, 6) is -0.376. The van der Waals surface area contributed by atoms with Crippen molar-refractivity contribution in [3.05, 3.63) is 47.7 Å². The van der Waals surface area contributed by atoms with Gasteiger partial charge in [-0.25, -0.2) is 0 Å². The van der Waals surface area contributed by atoms with Crippen LogP contribution in [0.5, 0.6) is 0 Å². The van der Waals surface area contributed by atoms with Crippen molar-refractivity contribution in [2.24, 2.45) is 0 Å². The van der Waals surface area contributed by atoms with E-state index < -0.39 is 17.6 Å². The number of benzene rings is 1. The highest BCUT2D eigenvalue weighted by atomic mass is 19.4. The normalized spacial score (nSPS) is 11.5. The van der Waals surface area contributed by atoms with E-state index in [0.29, 0.717) is 6.54 Å². The van der Waals surface area contributed by atoms with Crippen LogP contribution in [0.25, 0.3) is 11.3 Å². The zero-order chi connectivity index (χ0) is 17.6. The monoisotopic (exact) mass is 339 g/mol. The molecular formula is C18H20F3NO2. The lowest BCUT2D eigenvalue weighted by atomic mass is 10.1. The van der Waals surface area contributed by atoms with E-state index in [9.17, 15) is 18.0 Å². The van der Waals surface area contributed by atoms with E-state index in [1.54, 1.807) is 0 Å². The summed E-state index contributed by atoms with van der Waals surface area (Å²) in [6.45, 7) is 2.62. The summed E-state index contributed by atoms with van der Waals surface area (Å²) in [7, 11) is 0. The fourth-order valence-electron chi connectivity index (χ4n) is 2.39. The first-order valence-corrected chi connectivity index (χ1v) is 7.98. The van der Waals surface area contributed by atoms with Crippen molar-refractivity contribution in [2.75, 3.05) is 6.54 Å². The molecule has 3 nitrogen and oxygen atoms in total. The van der Waals surface area contributed by atoms with Gasteiger partial charge in [-0.2, -0.15) is 13.2 Å². The molecule has 0 aliphatic heterocycles. The Balaban J connectivity index is 2.07. The lowest BCUT2D eigenvalue weighted by Gasteiger charge is -2.10. The largest absolute Gasteiger partial charge is 0.451 e. The third-order valence-electron chi connectivity index (χ3n) is 3.64. The van der Waals surface area contributed by atoms with Crippen LogP contribution in [0.1, 0.15) is 48.7 Å². The van der Waals surface area contributed by atoms with Gasteiger partial charge in [-0.1, -0.05) is 44.4 Å². The highest BCUT2D eigenvalue weighted by Gasteiger charge is 2.34. The SMILES string of the molecule is CCCCCCNC(=O)c1ccc(-c2ccccc2C(F)(F)F)o1. The molecule has 2 aromatic rings. The first-order chi connectivity index (χ1) is 11.4. The zero-order valence-electron chi connectivity index (χ0n) is 13.5. The molecule has 0 fully saturated rings. The van der Waals surface area contributed by atoms with Gasteiger partial charge in [-0.15, -0.1) is 0 Å². The van der Waals surface area contributed by atoms with Gasteiger partial charge in [0.2, 0.25) is 0 Å². The Morgan fingerprint density at radius 3 is 2.54 bits per heavy atom. The van der Waals surface area contributed by atoms with Crippen LogP contribution < -0.4 is 5.32 Å². The Morgan fingerprint density at radius 1 is 1.08 bits per heavy atom. The summed E-state index contributed by atoms with van der Waals surface area (Å²) in [4.78, 5) is 12.0. The Kier molecular flexibility index (Phi) is 6.06. The first-order valence-electron chi connectivity index (χ1n) is 7.98. The van der Waals surface area contributed by atoms with Crippen molar-refractivity contribution in [2.45, 2.75) is 38.8 Å². The van der Waals surface area contributed by atoms with Gasteiger partial charge >= 0.3 is 6.18 Å². The molecule has 1 aromatic carbocycles. The van der Waals surface area contributed by atoms with Gasteiger partial charge in [-0.05, 0) is 24.6 Å². The van der Waals surface area contributed by atoms with Crippen molar-refractivity contribution in [3.8, 4) is 11.3 Å². The maximum absolute atomic E-state index is 13.0. The molecule has 2 rings (SSSR count). The van der Waals surface area contributed by atoms with Gasteiger partial charge in [0.15, 0.2) is 5.76 Å². The molecule has 0 saturated heterocycles. The molecule has 0 aliphatic rings.